The third kappa shape index (κ3) is 5.53. The van der Waals surface area contributed by atoms with Crippen LogP contribution in [0.4, 0.5) is 0 Å². The number of aliphatic hydroxyl groups excluding tert-OH is 1. The van der Waals surface area contributed by atoms with Crippen molar-refractivity contribution in [3.05, 3.63) is 0 Å². The van der Waals surface area contributed by atoms with Gasteiger partial charge in [-0.05, 0) is 5.92 Å². The Hall–Kier alpha value is -0.610. The van der Waals surface area contributed by atoms with Gasteiger partial charge in [-0.1, -0.05) is 6.92 Å². The molecule has 0 aliphatic heterocycles. The fourth-order valence-corrected chi connectivity index (χ4v) is 0.741. The minimum Gasteiger partial charge on any atom is -0.481 e. The largest absolute Gasteiger partial charge is 0.481 e. The normalized spacial score (nSPS) is 13.6. The van der Waals surface area contributed by atoms with Crippen molar-refractivity contribution in [1.29, 1.82) is 0 Å². The monoisotopic (exact) mass is 148 g/mol. The second-order valence-corrected chi connectivity index (χ2v) is 2.42. The standard InChI is InChI=1S/C6H12O4/c1-4(2-5(7)8)3-6(9)10/h4-5,7-8H,2-3H2,1H3,(H,9,10)/t4-/m0/s1. The van der Waals surface area contributed by atoms with Gasteiger partial charge in [0.05, 0.1) is 0 Å². The lowest BCUT2D eigenvalue weighted by Crippen LogP contribution is -2.13. The maximum atomic E-state index is 10.0. The summed E-state index contributed by atoms with van der Waals surface area (Å²) in [5, 5.41) is 25.0. The Kier molecular flexibility index (Phi) is 3.99. The molecule has 0 aliphatic rings. The Morgan fingerprint density at radius 1 is 1.50 bits per heavy atom. The Morgan fingerprint density at radius 2 is 2.00 bits per heavy atom. The van der Waals surface area contributed by atoms with Crippen molar-refractivity contribution in [2.24, 2.45) is 5.92 Å². The molecule has 0 bridgehead atoms. The van der Waals surface area contributed by atoms with Crippen LogP contribution in [0.1, 0.15) is 19.8 Å². The van der Waals surface area contributed by atoms with Crippen molar-refractivity contribution in [3.8, 4) is 0 Å². The third-order valence-corrected chi connectivity index (χ3v) is 1.14. The molecule has 0 heterocycles. The Morgan fingerprint density at radius 3 is 2.30 bits per heavy atom. The topological polar surface area (TPSA) is 77.8 Å². The molecule has 0 fully saturated rings. The maximum Gasteiger partial charge on any atom is 0.303 e. The molecule has 0 aromatic heterocycles. The van der Waals surface area contributed by atoms with Crippen LogP contribution < -0.4 is 0 Å². The molecule has 10 heavy (non-hydrogen) atoms. The molecular weight excluding hydrogens is 136 g/mol. The van der Waals surface area contributed by atoms with Crippen molar-refractivity contribution in [1.82, 2.24) is 0 Å². The molecule has 0 amide bonds. The summed E-state index contributed by atoms with van der Waals surface area (Å²) in [4.78, 5) is 10.0. The molecule has 60 valence electrons. The van der Waals surface area contributed by atoms with Crippen LogP contribution in [0.25, 0.3) is 0 Å². The first-order valence-electron chi connectivity index (χ1n) is 3.10. The summed E-state index contributed by atoms with van der Waals surface area (Å²) in [6.45, 7) is 1.66. The van der Waals surface area contributed by atoms with E-state index < -0.39 is 12.3 Å². The van der Waals surface area contributed by atoms with Crippen LogP contribution in [0.3, 0.4) is 0 Å². The lowest BCUT2D eigenvalue weighted by atomic mass is 10.0. The molecule has 3 N–H and O–H groups in total. The molecule has 4 nitrogen and oxygen atoms in total. The highest BCUT2D eigenvalue weighted by Gasteiger charge is 2.10. The van der Waals surface area contributed by atoms with Gasteiger partial charge in [0.1, 0.15) is 0 Å². The highest BCUT2D eigenvalue weighted by Crippen LogP contribution is 2.08. The van der Waals surface area contributed by atoms with E-state index in [4.69, 9.17) is 15.3 Å². The number of rotatable bonds is 4. The van der Waals surface area contributed by atoms with Crippen molar-refractivity contribution in [2.45, 2.75) is 26.1 Å². The van der Waals surface area contributed by atoms with E-state index >= 15 is 0 Å². The zero-order valence-corrected chi connectivity index (χ0v) is 5.82. The van der Waals surface area contributed by atoms with E-state index in [1.54, 1.807) is 6.92 Å². The van der Waals surface area contributed by atoms with E-state index in [1.165, 1.54) is 0 Å². The summed E-state index contributed by atoms with van der Waals surface area (Å²) in [6.07, 6.45) is -1.29. The summed E-state index contributed by atoms with van der Waals surface area (Å²) >= 11 is 0. The molecule has 0 rings (SSSR count). The first-order chi connectivity index (χ1) is 4.52. The highest BCUT2D eigenvalue weighted by molar-refractivity contribution is 5.66. The van der Waals surface area contributed by atoms with Crippen LogP contribution in [-0.4, -0.2) is 27.6 Å². The summed E-state index contributed by atoms with van der Waals surface area (Å²) in [7, 11) is 0. The van der Waals surface area contributed by atoms with Gasteiger partial charge in [-0.2, -0.15) is 0 Å². The molecule has 0 spiro atoms. The Balaban J connectivity index is 3.43. The van der Waals surface area contributed by atoms with Crippen LogP contribution >= 0.6 is 0 Å². The number of hydrogen-bond donors (Lipinski definition) is 3. The Bertz CT molecular complexity index is 110. The molecule has 0 saturated carbocycles. The molecule has 0 radical (unpaired) electrons. The quantitative estimate of drug-likeness (QED) is 0.482. The van der Waals surface area contributed by atoms with E-state index in [2.05, 4.69) is 0 Å². The van der Waals surface area contributed by atoms with Crippen LogP contribution in [0, 0.1) is 5.92 Å². The zero-order chi connectivity index (χ0) is 8.15. The van der Waals surface area contributed by atoms with E-state index in [1.807, 2.05) is 0 Å². The number of carboxylic acid groups (broad SMARTS) is 1. The first-order valence-corrected chi connectivity index (χ1v) is 3.10. The van der Waals surface area contributed by atoms with Crippen LogP contribution in [-0.2, 0) is 4.79 Å². The first kappa shape index (κ1) is 9.39. The van der Waals surface area contributed by atoms with Crippen LogP contribution in [0.15, 0.2) is 0 Å². The average Bonchev–Trinajstić information content (AvgIpc) is 1.58. The van der Waals surface area contributed by atoms with Gasteiger partial charge < -0.3 is 15.3 Å². The van der Waals surface area contributed by atoms with Crippen molar-refractivity contribution in [2.75, 3.05) is 0 Å². The van der Waals surface area contributed by atoms with Crippen LogP contribution in [0.2, 0.25) is 0 Å². The summed E-state index contributed by atoms with van der Waals surface area (Å²) in [5.41, 5.74) is 0. The number of carbonyl (C=O) groups is 1. The van der Waals surface area contributed by atoms with Crippen molar-refractivity contribution in [3.63, 3.8) is 0 Å². The highest BCUT2D eigenvalue weighted by atomic mass is 16.5. The molecule has 0 aromatic carbocycles. The molecular formula is C6H12O4. The second kappa shape index (κ2) is 4.24. The molecule has 0 saturated heterocycles. The minimum absolute atomic E-state index is 0.0162. The van der Waals surface area contributed by atoms with E-state index in [9.17, 15) is 4.79 Å². The third-order valence-electron chi connectivity index (χ3n) is 1.14. The number of aliphatic carboxylic acids is 1. The summed E-state index contributed by atoms with van der Waals surface area (Å²) in [6, 6.07) is 0. The minimum atomic E-state index is -1.39. The Labute approximate surface area is 59.1 Å². The van der Waals surface area contributed by atoms with Gasteiger partial charge in [0.15, 0.2) is 6.29 Å². The second-order valence-electron chi connectivity index (χ2n) is 2.42. The van der Waals surface area contributed by atoms with Gasteiger partial charge in [0.25, 0.3) is 0 Å². The lowest BCUT2D eigenvalue weighted by Gasteiger charge is -2.08. The fourth-order valence-electron chi connectivity index (χ4n) is 0.741. The van der Waals surface area contributed by atoms with Gasteiger partial charge in [0.2, 0.25) is 0 Å². The summed E-state index contributed by atoms with van der Waals surface area (Å²) < 4.78 is 0. The van der Waals surface area contributed by atoms with E-state index in [0.29, 0.717) is 0 Å². The van der Waals surface area contributed by atoms with Crippen molar-refractivity contribution >= 4 is 5.97 Å². The van der Waals surface area contributed by atoms with E-state index in [0.717, 1.165) is 0 Å². The number of carboxylic acids is 1. The lowest BCUT2D eigenvalue weighted by molar-refractivity contribution is -0.138. The zero-order valence-electron chi connectivity index (χ0n) is 5.82. The maximum absolute atomic E-state index is 10.0. The molecule has 1 atom stereocenters. The van der Waals surface area contributed by atoms with E-state index in [-0.39, 0.29) is 18.8 Å². The molecule has 0 unspecified atom stereocenters. The molecule has 4 heteroatoms. The average molecular weight is 148 g/mol. The predicted octanol–water partition coefficient (Wildman–Crippen LogP) is -0.202. The van der Waals surface area contributed by atoms with Gasteiger partial charge in [-0.15, -0.1) is 0 Å². The SMILES string of the molecule is C[C@H](CC(=O)O)CC(O)O. The van der Waals surface area contributed by atoms with Gasteiger partial charge in [-0.25, -0.2) is 0 Å². The molecule has 0 aromatic rings. The van der Waals surface area contributed by atoms with Gasteiger partial charge in [-0.3, -0.25) is 4.79 Å². The predicted molar refractivity (Wildman–Crippen MR) is 34.3 cm³/mol. The van der Waals surface area contributed by atoms with Crippen LogP contribution in [0.5, 0.6) is 0 Å². The number of hydrogen-bond acceptors (Lipinski definition) is 3. The van der Waals surface area contributed by atoms with Gasteiger partial charge in [0, 0.05) is 12.8 Å². The fraction of sp³-hybridized carbons (Fsp3) is 0.833. The van der Waals surface area contributed by atoms with Gasteiger partial charge >= 0.3 is 5.97 Å². The summed E-state index contributed by atoms with van der Waals surface area (Å²) in [5.74, 6) is -1.09. The molecule has 0 aliphatic carbocycles. The smallest absolute Gasteiger partial charge is 0.303 e. The number of aliphatic hydroxyl groups is 2. The van der Waals surface area contributed by atoms with Crippen molar-refractivity contribution < 1.29 is 20.1 Å².